The maximum absolute atomic E-state index is 11.7. The molecule has 0 spiro atoms. The van der Waals surface area contributed by atoms with Crippen LogP contribution in [-0.2, 0) is 6.54 Å². The first-order valence-corrected chi connectivity index (χ1v) is 7.08. The Morgan fingerprint density at radius 2 is 2.38 bits per heavy atom. The van der Waals surface area contributed by atoms with E-state index in [1.54, 1.807) is 17.4 Å². The van der Waals surface area contributed by atoms with E-state index in [-0.39, 0.29) is 5.91 Å². The van der Waals surface area contributed by atoms with Crippen molar-refractivity contribution in [3.8, 4) is 0 Å². The van der Waals surface area contributed by atoms with Crippen molar-refractivity contribution in [2.75, 3.05) is 0 Å². The fraction of sp³-hybridized carbons (Fsp3) is 0.200. The second-order valence-electron chi connectivity index (χ2n) is 3.14. The van der Waals surface area contributed by atoms with Crippen molar-refractivity contribution in [1.29, 1.82) is 0 Å². The number of nitrogens with zero attached hydrogens (tertiary/aromatic N) is 1. The van der Waals surface area contributed by atoms with Crippen LogP contribution in [0.25, 0.3) is 0 Å². The van der Waals surface area contributed by atoms with E-state index in [0.29, 0.717) is 11.4 Å². The van der Waals surface area contributed by atoms with Crippen LogP contribution in [0.3, 0.4) is 0 Å². The number of amides is 1. The predicted octanol–water partition coefficient (Wildman–Crippen LogP) is 3.21. The molecular weight excluding hydrogens is 308 g/mol. The van der Waals surface area contributed by atoms with Gasteiger partial charge in [-0.2, -0.15) is 0 Å². The van der Waals surface area contributed by atoms with Gasteiger partial charge in [-0.15, -0.1) is 22.7 Å². The minimum Gasteiger partial charge on any atom is -0.346 e. The number of nitrogens with one attached hydrogen (secondary N) is 1. The molecule has 0 unspecified atom stereocenters. The summed E-state index contributed by atoms with van der Waals surface area (Å²) in [6.07, 6.45) is 0. The van der Waals surface area contributed by atoms with Crippen LogP contribution in [0.5, 0.6) is 0 Å². The summed E-state index contributed by atoms with van der Waals surface area (Å²) in [6.45, 7) is 2.44. The van der Waals surface area contributed by atoms with Gasteiger partial charge in [0.25, 0.3) is 5.91 Å². The number of carbonyl (C=O) groups excluding carboxylic acids is 1. The number of aromatic nitrogens is 1. The van der Waals surface area contributed by atoms with Gasteiger partial charge in [-0.25, -0.2) is 4.98 Å². The van der Waals surface area contributed by atoms with E-state index in [9.17, 15) is 4.79 Å². The number of hydrogen-bond donors (Lipinski definition) is 1. The summed E-state index contributed by atoms with van der Waals surface area (Å²) in [5.41, 5.74) is 0.909. The van der Waals surface area contributed by atoms with Gasteiger partial charge in [-0.05, 0) is 35.0 Å². The zero-order valence-corrected chi connectivity index (χ0v) is 11.7. The van der Waals surface area contributed by atoms with Crippen molar-refractivity contribution in [3.05, 3.63) is 36.9 Å². The van der Waals surface area contributed by atoms with Gasteiger partial charge < -0.3 is 5.32 Å². The molecule has 3 nitrogen and oxygen atoms in total. The zero-order valence-electron chi connectivity index (χ0n) is 8.49. The van der Waals surface area contributed by atoms with E-state index in [0.717, 1.165) is 14.5 Å². The highest BCUT2D eigenvalue weighted by Crippen LogP contribution is 2.21. The van der Waals surface area contributed by atoms with E-state index < -0.39 is 0 Å². The third-order valence-electron chi connectivity index (χ3n) is 1.89. The maximum atomic E-state index is 11.7. The van der Waals surface area contributed by atoms with Crippen molar-refractivity contribution in [3.63, 3.8) is 0 Å². The molecule has 0 saturated heterocycles. The lowest BCUT2D eigenvalue weighted by Gasteiger charge is -1.99. The highest BCUT2D eigenvalue weighted by atomic mass is 79.9. The standard InChI is InChI=1S/C10H9BrN2OS2/c1-6-13-7(5-15-6)4-12-10(14)8-2-3-9(11)16-8/h2-3,5H,4H2,1H3,(H,12,14). The highest BCUT2D eigenvalue weighted by Gasteiger charge is 2.08. The Bertz CT molecular complexity index is 506. The van der Waals surface area contributed by atoms with Crippen molar-refractivity contribution < 1.29 is 4.79 Å². The number of halogens is 1. The molecule has 1 N–H and O–H groups in total. The third kappa shape index (κ3) is 2.90. The summed E-state index contributed by atoms with van der Waals surface area (Å²) >= 11 is 6.34. The first kappa shape index (κ1) is 11.8. The van der Waals surface area contributed by atoms with Crippen LogP contribution in [0.15, 0.2) is 21.3 Å². The van der Waals surface area contributed by atoms with Crippen LogP contribution >= 0.6 is 38.6 Å². The molecule has 0 aromatic carbocycles. The van der Waals surface area contributed by atoms with Crippen molar-refractivity contribution in [1.82, 2.24) is 10.3 Å². The quantitative estimate of drug-likeness (QED) is 0.944. The van der Waals surface area contributed by atoms with Crippen LogP contribution in [0, 0.1) is 6.92 Å². The van der Waals surface area contributed by atoms with Gasteiger partial charge in [-0.3, -0.25) is 4.79 Å². The lowest BCUT2D eigenvalue weighted by Crippen LogP contribution is -2.21. The van der Waals surface area contributed by atoms with E-state index in [2.05, 4.69) is 26.2 Å². The molecule has 0 aliphatic carbocycles. The summed E-state index contributed by atoms with van der Waals surface area (Å²) in [5.74, 6) is -0.0543. The molecule has 2 aromatic heterocycles. The fourth-order valence-electron chi connectivity index (χ4n) is 1.18. The molecule has 2 aromatic rings. The predicted molar refractivity (Wildman–Crippen MR) is 70.0 cm³/mol. The summed E-state index contributed by atoms with van der Waals surface area (Å²) in [4.78, 5) is 16.7. The van der Waals surface area contributed by atoms with Crippen molar-refractivity contribution in [2.45, 2.75) is 13.5 Å². The maximum Gasteiger partial charge on any atom is 0.261 e. The third-order valence-corrected chi connectivity index (χ3v) is 4.34. The van der Waals surface area contributed by atoms with Gasteiger partial charge in [-0.1, -0.05) is 0 Å². The normalized spacial score (nSPS) is 10.4. The van der Waals surface area contributed by atoms with Gasteiger partial charge in [0.15, 0.2) is 0 Å². The Morgan fingerprint density at radius 3 is 2.94 bits per heavy atom. The molecule has 0 bridgehead atoms. The van der Waals surface area contributed by atoms with Crippen molar-refractivity contribution in [2.24, 2.45) is 0 Å². The van der Waals surface area contributed by atoms with E-state index in [4.69, 9.17) is 0 Å². The Hall–Kier alpha value is -0.720. The Balaban J connectivity index is 1.93. The molecule has 0 aliphatic rings. The molecule has 1 amide bonds. The summed E-state index contributed by atoms with van der Waals surface area (Å²) < 4.78 is 0.960. The molecule has 16 heavy (non-hydrogen) atoms. The average molecular weight is 317 g/mol. The first-order valence-electron chi connectivity index (χ1n) is 4.59. The number of thiophene rings is 1. The van der Waals surface area contributed by atoms with Crippen molar-refractivity contribution >= 4 is 44.5 Å². The van der Waals surface area contributed by atoms with Crippen LogP contribution < -0.4 is 5.32 Å². The summed E-state index contributed by atoms with van der Waals surface area (Å²) in [6, 6.07) is 3.67. The van der Waals surface area contributed by atoms with Crippen LogP contribution in [0.2, 0.25) is 0 Å². The van der Waals surface area contributed by atoms with E-state index in [1.165, 1.54) is 11.3 Å². The lowest BCUT2D eigenvalue weighted by atomic mass is 10.4. The number of hydrogen-bond acceptors (Lipinski definition) is 4. The van der Waals surface area contributed by atoms with Crippen LogP contribution in [0.1, 0.15) is 20.4 Å². The minimum atomic E-state index is -0.0543. The lowest BCUT2D eigenvalue weighted by molar-refractivity contribution is 0.0954. The van der Waals surface area contributed by atoms with E-state index in [1.807, 2.05) is 18.4 Å². The Morgan fingerprint density at radius 1 is 1.56 bits per heavy atom. The minimum absolute atomic E-state index is 0.0543. The summed E-state index contributed by atoms with van der Waals surface area (Å²) in [5, 5.41) is 5.81. The molecule has 0 atom stereocenters. The average Bonchev–Trinajstić information content (AvgIpc) is 2.84. The van der Waals surface area contributed by atoms with Gasteiger partial charge in [0.1, 0.15) is 0 Å². The second-order valence-corrected chi connectivity index (χ2v) is 6.67. The van der Waals surface area contributed by atoms with Gasteiger partial charge in [0.05, 0.1) is 25.9 Å². The van der Waals surface area contributed by atoms with Gasteiger partial charge >= 0.3 is 0 Å². The molecule has 0 aliphatic heterocycles. The fourth-order valence-corrected chi connectivity index (χ4v) is 3.10. The monoisotopic (exact) mass is 316 g/mol. The van der Waals surface area contributed by atoms with Gasteiger partial charge in [0.2, 0.25) is 0 Å². The smallest absolute Gasteiger partial charge is 0.261 e. The van der Waals surface area contributed by atoms with Crippen LogP contribution in [0.4, 0.5) is 0 Å². The molecule has 0 radical (unpaired) electrons. The first-order chi connectivity index (χ1) is 7.65. The topological polar surface area (TPSA) is 42.0 Å². The Labute approximate surface area is 110 Å². The van der Waals surface area contributed by atoms with Crippen LogP contribution in [-0.4, -0.2) is 10.9 Å². The number of rotatable bonds is 3. The molecule has 2 heterocycles. The SMILES string of the molecule is Cc1nc(CNC(=O)c2ccc(Br)s2)cs1. The molecular formula is C10H9BrN2OS2. The molecule has 0 saturated carbocycles. The number of carbonyl (C=O) groups is 1. The van der Waals surface area contributed by atoms with E-state index >= 15 is 0 Å². The molecule has 6 heteroatoms. The largest absolute Gasteiger partial charge is 0.346 e. The second kappa shape index (κ2) is 5.07. The number of thiazole rings is 1. The highest BCUT2D eigenvalue weighted by molar-refractivity contribution is 9.11. The Kier molecular flexibility index (Phi) is 3.73. The molecule has 0 fully saturated rings. The van der Waals surface area contributed by atoms with Gasteiger partial charge in [0, 0.05) is 5.38 Å². The molecule has 2 rings (SSSR count). The number of aryl methyl sites for hydroxylation is 1. The summed E-state index contributed by atoms with van der Waals surface area (Å²) in [7, 11) is 0. The molecule has 84 valence electrons. The zero-order chi connectivity index (χ0) is 11.5.